The summed E-state index contributed by atoms with van der Waals surface area (Å²) in [4.78, 5) is 4.00. The Labute approximate surface area is 95.9 Å². The maximum absolute atomic E-state index is 4.00. The normalized spacial score (nSPS) is 10.8. The van der Waals surface area contributed by atoms with Gasteiger partial charge in [0.25, 0.3) is 0 Å². The van der Waals surface area contributed by atoms with Crippen LogP contribution < -0.4 is 4.57 Å². The number of hydrogen-bond acceptors (Lipinski definition) is 1. The van der Waals surface area contributed by atoms with Crippen molar-refractivity contribution in [3.63, 3.8) is 0 Å². The Kier molecular flexibility index (Phi) is 3.44. The molecule has 0 aliphatic rings. The maximum Gasteiger partial charge on any atom is 0.205 e. The molecule has 0 fully saturated rings. The Morgan fingerprint density at radius 1 is 1.12 bits per heavy atom. The van der Waals surface area contributed by atoms with E-state index in [1.807, 2.05) is 18.2 Å². The van der Waals surface area contributed by atoms with Gasteiger partial charge in [-0.05, 0) is 36.8 Å². The van der Waals surface area contributed by atoms with E-state index in [-0.39, 0.29) is 0 Å². The van der Waals surface area contributed by atoms with E-state index in [1.165, 1.54) is 11.3 Å². The number of aromatic nitrogens is 2. The highest BCUT2D eigenvalue weighted by atomic mass is 14.9. The molecule has 0 saturated heterocycles. The van der Waals surface area contributed by atoms with Gasteiger partial charge >= 0.3 is 0 Å². The van der Waals surface area contributed by atoms with Crippen LogP contribution in [0.2, 0.25) is 0 Å². The highest BCUT2D eigenvalue weighted by Crippen LogP contribution is 2.03. The summed E-state index contributed by atoms with van der Waals surface area (Å²) < 4.78 is 2.21. The van der Waals surface area contributed by atoms with Gasteiger partial charge in [0.05, 0.1) is 0 Å². The summed E-state index contributed by atoms with van der Waals surface area (Å²) in [5.41, 5.74) is 2.38. The van der Waals surface area contributed by atoms with Crippen molar-refractivity contribution >= 4 is 12.2 Å². The molecule has 0 atom stereocenters. The zero-order valence-electron chi connectivity index (χ0n) is 9.38. The van der Waals surface area contributed by atoms with E-state index in [1.54, 1.807) is 12.4 Å². The Hall–Kier alpha value is -1.96. The van der Waals surface area contributed by atoms with Gasteiger partial charge in [-0.25, -0.2) is 0 Å². The molecule has 2 rings (SSSR count). The van der Waals surface area contributed by atoms with Crippen LogP contribution in [0.15, 0.2) is 48.9 Å². The minimum atomic E-state index is 0.983. The summed E-state index contributed by atoms with van der Waals surface area (Å²) >= 11 is 0. The van der Waals surface area contributed by atoms with Crippen LogP contribution in [0.25, 0.3) is 12.2 Å². The molecule has 2 nitrogen and oxygen atoms in total. The second-order valence-corrected chi connectivity index (χ2v) is 3.53. The SMILES string of the molecule is CC[n+]1ccccc1/C=C/c1ccncc1. The fraction of sp³-hybridized carbons (Fsp3) is 0.143. The van der Waals surface area contributed by atoms with Crippen molar-refractivity contribution < 1.29 is 4.57 Å². The minimum Gasteiger partial charge on any atom is -0.265 e. The van der Waals surface area contributed by atoms with E-state index in [9.17, 15) is 0 Å². The molecule has 0 unspecified atom stereocenters. The Morgan fingerprint density at radius 3 is 2.69 bits per heavy atom. The lowest BCUT2D eigenvalue weighted by Gasteiger charge is -1.96. The highest BCUT2D eigenvalue weighted by molar-refractivity contribution is 5.66. The van der Waals surface area contributed by atoms with Gasteiger partial charge in [0.15, 0.2) is 6.20 Å². The van der Waals surface area contributed by atoms with Gasteiger partial charge in [-0.2, -0.15) is 4.57 Å². The summed E-state index contributed by atoms with van der Waals surface area (Å²) in [5, 5.41) is 0. The van der Waals surface area contributed by atoms with Crippen molar-refractivity contribution in [2.75, 3.05) is 0 Å². The second kappa shape index (κ2) is 5.21. The largest absolute Gasteiger partial charge is 0.265 e. The maximum atomic E-state index is 4.00. The topological polar surface area (TPSA) is 16.8 Å². The first-order valence-electron chi connectivity index (χ1n) is 5.46. The van der Waals surface area contributed by atoms with E-state index in [0.29, 0.717) is 0 Å². The lowest BCUT2D eigenvalue weighted by atomic mass is 10.2. The summed E-state index contributed by atoms with van der Waals surface area (Å²) in [6.45, 7) is 3.13. The number of pyridine rings is 2. The van der Waals surface area contributed by atoms with E-state index < -0.39 is 0 Å². The molecule has 0 amide bonds. The average Bonchev–Trinajstić information content (AvgIpc) is 2.38. The molecule has 0 spiro atoms. The average molecular weight is 211 g/mol. The van der Waals surface area contributed by atoms with Gasteiger partial charge < -0.3 is 0 Å². The molecular formula is C14H15N2+. The van der Waals surface area contributed by atoms with Gasteiger partial charge in [-0.3, -0.25) is 4.98 Å². The van der Waals surface area contributed by atoms with Gasteiger partial charge in [0.2, 0.25) is 5.69 Å². The lowest BCUT2D eigenvalue weighted by molar-refractivity contribution is -0.695. The Bertz CT molecular complexity index is 475. The second-order valence-electron chi connectivity index (χ2n) is 3.53. The van der Waals surface area contributed by atoms with Crippen molar-refractivity contribution in [3.05, 3.63) is 60.2 Å². The zero-order valence-corrected chi connectivity index (χ0v) is 9.38. The highest BCUT2D eigenvalue weighted by Gasteiger charge is 2.01. The van der Waals surface area contributed by atoms with Crippen LogP contribution in [0.4, 0.5) is 0 Å². The van der Waals surface area contributed by atoms with Gasteiger partial charge in [-0.1, -0.05) is 0 Å². The predicted octanol–water partition coefficient (Wildman–Crippen LogP) is 2.56. The smallest absolute Gasteiger partial charge is 0.205 e. The molecule has 0 N–H and O–H groups in total. The molecule has 2 heteroatoms. The standard InChI is InChI=1S/C14H15N2/c1-2-16-12-4-3-5-14(16)7-6-13-8-10-15-11-9-13/h3-12H,2H2,1H3/q+1/b7-6+. The van der Waals surface area contributed by atoms with Crippen LogP contribution >= 0.6 is 0 Å². The molecule has 16 heavy (non-hydrogen) atoms. The summed E-state index contributed by atoms with van der Waals surface area (Å²) in [6, 6.07) is 10.2. The quantitative estimate of drug-likeness (QED) is 0.713. The van der Waals surface area contributed by atoms with Crippen LogP contribution in [0.1, 0.15) is 18.2 Å². The molecule has 2 aromatic heterocycles. The number of nitrogens with zero attached hydrogens (tertiary/aromatic N) is 2. The monoisotopic (exact) mass is 211 g/mol. The minimum absolute atomic E-state index is 0.983. The van der Waals surface area contributed by atoms with Crippen molar-refractivity contribution in [3.8, 4) is 0 Å². The van der Waals surface area contributed by atoms with Crippen molar-refractivity contribution in [2.45, 2.75) is 13.5 Å². The predicted molar refractivity (Wildman–Crippen MR) is 65.5 cm³/mol. The summed E-state index contributed by atoms with van der Waals surface area (Å²) in [7, 11) is 0. The fourth-order valence-electron chi connectivity index (χ4n) is 1.58. The van der Waals surface area contributed by atoms with E-state index in [2.05, 4.69) is 47.0 Å². The summed E-state index contributed by atoms with van der Waals surface area (Å²) in [6.07, 6.45) is 9.92. The Morgan fingerprint density at radius 2 is 1.94 bits per heavy atom. The molecule has 80 valence electrons. The van der Waals surface area contributed by atoms with Gasteiger partial charge in [0, 0.05) is 30.6 Å². The fourth-order valence-corrected chi connectivity index (χ4v) is 1.58. The van der Waals surface area contributed by atoms with Crippen LogP contribution in [-0.2, 0) is 6.54 Å². The molecule has 0 saturated carbocycles. The molecule has 2 aromatic rings. The zero-order chi connectivity index (χ0) is 11.2. The molecule has 0 radical (unpaired) electrons. The summed E-state index contributed by atoms with van der Waals surface area (Å²) in [5.74, 6) is 0. The van der Waals surface area contributed by atoms with Crippen molar-refractivity contribution in [1.29, 1.82) is 0 Å². The van der Waals surface area contributed by atoms with Crippen molar-refractivity contribution in [2.24, 2.45) is 0 Å². The van der Waals surface area contributed by atoms with Crippen LogP contribution in [0, 0.1) is 0 Å². The third kappa shape index (κ3) is 2.54. The van der Waals surface area contributed by atoms with Gasteiger partial charge in [0.1, 0.15) is 6.54 Å². The molecule has 2 heterocycles. The molecule has 0 bridgehead atoms. The van der Waals surface area contributed by atoms with E-state index in [4.69, 9.17) is 0 Å². The number of rotatable bonds is 3. The van der Waals surface area contributed by atoms with E-state index in [0.717, 1.165) is 6.54 Å². The number of hydrogen-bond donors (Lipinski definition) is 0. The Balaban J connectivity index is 2.24. The van der Waals surface area contributed by atoms with Crippen LogP contribution in [0.3, 0.4) is 0 Å². The van der Waals surface area contributed by atoms with Crippen molar-refractivity contribution in [1.82, 2.24) is 4.98 Å². The van der Waals surface area contributed by atoms with E-state index >= 15 is 0 Å². The molecule has 0 aliphatic carbocycles. The third-order valence-corrected chi connectivity index (χ3v) is 2.47. The lowest BCUT2D eigenvalue weighted by Crippen LogP contribution is -2.34. The number of aryl methyl sites for hydroxylation is 1. The van der Waals surface area contributed by atoms with Crippen LogP contribution in [-0.4, -0.2) is 4.98 Å². The van der Waals surface area contributed by atoms with Crippen LogP contribution in [0.5, 0.6) is 0 Å². The molecular weight excluding hydrogens is 196 g/mol. The first-order chi connectivity index (χ1) is 7.90. The first-order valence-corrected chi connectivity index (χ1v) is 5.46. The van der Waals surface area contributed by atoms with Gasteiger partial charge in [-0.15, -0.1) is 0 Å². The third-order valence-electron chi connectivity index (χ3n) is 2.47. The first kappa shape index (κ1) is 10.6. The molecule has 0 aliphatic heterocycles. The molecule has 0 aromatic carbocycles.